The van der Waals surface area contributed by atoms with E-state index >= 15 is 0 Å². The Labute approximate surface area is 153 Å². The van der Waals surface area contributed by atoms with Crippen molar-refractivity contribution in [1.82, 2.24) is 15.2 Å². The van der Waals surface area contributed by atoms with E-state index in [9.17, 15) is 0 Å². The van der Waals surface area contributed by atoms with E-state index in [4.69, 9.17) is 21.8 Å². The molecule has 0 amide bonds. The molecule has 4 aromatic rings. The van der Waals surface area contributed by atoms with Crippen molar-refractivity contribution in [3.63, 3.8) is 0 Å². The number of fused-ring (bicyclic) bond motifs is 1. The van der Waals surface area contributed by atoms with E-state index in [1.54, 1.807) is 6.07 Å². The topological polar surface area (TPSA) is 77.8 Å². The molecule has 25 heavy (non-hydrogen) atoms. The second-order valence-electron chi connectivity index (χ2n) is 5.86. The quantitative estimate of drug-likeness (QED) is 0.526. The van der Waals surface area contributed by atoms with Crippen molar-refractivity contribution in [3.05, 3.63) is 46.1 Å². The zero-order chi connectivity index (χ0) is 17.7. The SMILES string of the molecule is Cc1nc2sc(-c3nnc(-c4ccccc4Cl)o3)c(N)c2c(C)c1C. The largest absolute Gasteiger partial charge is 0.415 e. The molecule has 0 atom stereocenters. The molecular formula is C18H15ClN4OS. The van der Waals surface area contributed by atoms with Crippen LogP contribution < -0.4 is 5.73 Å². The lowest BCUT2D eigenvalue weighted by molar-refractivity contribution is 0.586. The first kappa shape index (κ1) is 16.1. The molecule has 0 aliphatic rings. The lowest BCUT2D eigenvalue weighted by Crippen LogP contribution is -1.93. The van der Waals surface area contributed by atoms with Gasteiger partial charge < -0.3 is 10.2 Å². The average Bonchev–Trinajstić information content (AvgIpc) is 3.18. The summed E-state index contributed by atoms with van der Waals surface area (Å²) in [5, 5.41) is 9.80. The summed E-state index contributed by atoms with van der Waals surface area (Å²) in [4.78, 5) is 6.27. The van der Waals surface area contributed by atoms with Gasteiger partial charge in [0.25, 0.3) is 5.89 Å². The van der Waals surface area contributed by atoms with Crippen molar-refractivity contribution < 1.29 is 4.42 Å². The number of nitrogen functional groups attached to an aromatic ring is 1. The molecule has 0 aliphatic carbocycles. The van der Waals surface area contributed by atoms with Crippen molar-refractivity contribution in [2.45, 2.75) is 20.8 Å². The molecule has 0 saturated carbocycles. The van der Waals surface area contributed by atoms with Crippen LogP contribution in [-0.2, 0) is 0 Å². The maximum atomic E-state index is 6.39. The fraction of sp³-hybridized carbons (Fsp3) is 0.167. The summed E-state index contributed by atoms with van der Waals surface area (Å²) in [6.45, 7) is 6.11. The minimum atomic E-state index is 0.370. The highest BCUT2D eigenvalue weighted by Gasteiger charge is 2.21. The number of anilines is 1. The van der Waals surface area contributed by atoms with Gasteiger partial charge in [0.2, 0.25) is 5.89 Å². The Morgan fingerprint density at radius 2 is 1.76 bits per heavy atom. The number of hydrogen-bond acceptors (Lipinski definition) is 6. The number of aromatic nitrogens is 3. The molecule has 0 unspecified atom stereocenters. The summed E-state index contributed by atoms with van der Waals surface area (Å²) >= 11 is 7.67. The van der Waals surface area contributed by atoms with Gasteiger partial charge in [-0.05, 0) is 44.0 Å². The molecule has 0 radical (unpaired) electrons. The fourth-order valence-electron chi connectivity index (χ4n) is 2.78. The van der Waals surface area contributed by atoms with Gasteiger partial charge in [-0.25, -0.2) is 4.98 Å². The third kappa shape index (κ3) is 2.49. The summed E-state index contributed by atoms with van der Waals surface area (Å²) in [6, 6.07) is 7.35. The predicted octanol–water partition coefficient (Wildman–Crippen LogP) is 5.17. The van der Waals surface area contributed by atoms with Crippen LogP contribution in [0.5, 0.6) is 0 Å². The van der Waals surface area contributed by atoms with Crippen LogP contribution in [0.4, 0.5) is 5.69 Å². The summed E-state index contributed by atoms with van der Waals surface area (Å²) < 4.78 is 5.84. The fourth-order valence-corrected chi connectivity index (χ4v) is 4.12. The second-order valence-corrected chi connectivity index (χ2v) is 7.27. The van der Waals surface area contributed by atoms with Crippen molar-refractivity contribution >= 4 is 38.8 Å². The molecule has 2 N–H and O–H groups in total. The Morgan fingerprint density at radius 1 is 1.04 bits per heavy atom. The minimum Gasteiger partial charge on any atom is -0.415 e. The number of benzene rings is 1. The monoisotopic (exact) mass is 370 g/mol. The maximum Gasteiger partial charge on any atom is 0.260 e. The number of halogens is 1. The van der Waals surface area contributed by atoms with Gasteiger partial charge in [0.15, 0.2) is 0 Å². The molecule has 0 aliphatic heterocycles. The lowest BCUT2D eigenvalue weighted by Gasteiger charge is -2.05. The van der Waals surface area contributed by atoms with Gasteiger partial charge in [0.1, 0.15) is 9.71 Å². The number of hydrogen-bond donors (Lipinski definition) is 1. The van der Waals surface area contributed by atoms with Crippen molar-refractivity contribution in [2.24, 2.45) is 0 Å². The summed E-state index contributed by atoms with van der Waals surface area (Å²) in [5.74, 6) is 0.750. The van der Waals surface area contributed by atoms with E-state index in [2.05, 4.69) is 29.0 Å². The van der Waals surface area contributed by atoms with E-state index in [1.807, 2.05) is 25.1 Å². The van der Waals surface area contributed by atoms with Crippen LogP contribution >= 0.6 is 22.9 Å². The van der Waals surface area contributed by atoms with Gasteiger partial charge >= 0.3 is 0 Å². The molecule has 7 heteroatoms. The molecule has 1 aromatic carbocycles. The number of pyridine rings is 1. The molecule has 0 spiro atoms. The number of rotatable bonds is 2. The molecule has 3 aromatic heterocycles. The van der Waals surface area contributed by atoms with Crippen LogP contribution in [0.2, 0.25) is 5.02 Å². The predicted molar refractivity (Wildman–Crippen MR) is 102 cm³/mol. The molecule has 5 nitrogen and oxygen atoms in total. The van der Waals surface area contributed by atoms with Crippen LogP contribution in [0.1, 0.15) is 16.8 Å². The van der Waals surface area contributed by atoms with E-state index in [0.29, 0.717) is 28.1 Å². The molecule has 0 bridgehead atoms. The highest BCUT2D eigenvalue weighted by Crippen LogP contribution is 2.42. The van der Waals surface area contributed by atoms with Gasteiger partial charge in [0, 0.05) is 11.1 Å². The van der Waals surface area contributed by atoms with E-state index < -0.39 is 0 Å². The van der Waals surface area contributed by atoms with Crippen LogP contribution in [0.3, 0.4) is 0 Å². The molecule has 0 saturated heterocycles. The maximum absolute atomic E-state index is 6.39. The van der Waals surface area contributed by atoms with E-state index in [1.165, 1.54) is 11.3 Å². The molecule has 0 fully saturated rings. The molecule has 4 rings (SSSR count). The first-order chi connectivity index (χ1) is 12.0. The Bertz CT molecular complexity index is 1120. The second kappa shape index (κ2) is 5.82. The summed E-state index contributed by atoms with van der Waals surface area (Å²) in [6.07, 6.45) is 0. The first-order valence-corrected chi connectivity index (χ1v) is 8.91. The van der Waals surface area contributed by atoms with Crippen LogP contribution in [0.15, 0.2) is 28.7 Å². The van der Waals surface area contributed by atoms with Crippen molar-refractivity contribution in [2.75, 3.05) is 5.73 Å². The first-order valence-electron chi connectivity index (χ1n) is 7.72. The third-order valence-corrected chi connectivity index (χ3v) is 5.82. The zero-order valence-electron chi connectivity index (χ0n) is 13.9. The zero-order valence-corrected chi connectivity index (χ0v) is 15.5. The van der Waals surface area contributed by atoms with Crippen molar-refractivity contribution in [1.29, 1.82) is 0 Å². The number of thiophene rings is 1. The highest BCUT2D eigenvalue weighted by atomic mass is 35.5. The van der Waals surface area contributed by atoms with Crippen molar-refractivity contribution in [3.8, 4) is 22.2 Å². The average molecular weight is 371 g/mol. The normalized spacial score (nSPS) is 11.4. The van der Waals surface area contributed by atoms with Crippen LogP contribution in [0.25, 0.3) is 32.4 Å². The van der Waals surface area contributed by atoms with Crippen LogP contribution in [0, 0.1) is 20.8 Å². The molecular weight excluding hydrogens is 356 g/mol. The highest BCUT2D eigenvalue weighted by molar-refractivity contribution is 7.22. The summed E-state index contributed by atoms with van der Waals surface area (Å²) in [5.41, 5.74) is 11.0. The minimum absolute atomic E-state index is 0.370. The number of nitrogens with zero attached hydrogens (tertiary/aromatic N) is 3. The molecule has 3 heterocycles. The standard InChI is InChI=1S/C18H15ClN4OS/c1-8-9(2)13-14(20)15(25-18(13)21-10(8)3)17-23-22-16(24-17)11-6-4-5-7-12(11)19/h4-7H,20H2,1-3H3. The van der Waals surface area contributed by atoms with Gasteiger partial charge in [-0.1, -0.05) is 23.7 Å². The third-order valence-electron chi connectivity index (χ3n) is 4.40. The van der Waals surface area contributed by atoms with E-state index in [0.717, 1.165) is 31.9 Å². The Kier molecular flexibility index (Phi) is 3.74. The molecule has 126 valence electrons. The Morgan fingerprint density at radius 3 is 2.52 bits per heavy atom. The van der Waals surface area contributed by atoms with Gasteiger partial charge in [-0.3, -0.25) is 0 Å². The van der Waals surface area contributed by atoms with Gasteiger partial charge in [-0.2, -0.15) is 0 Å². The van der Waals surface area contributed by atoms with E-state index in [-0.39, 0.29) is 0 Å². The Hall–Kier alpha value is -2.44. The lowest BCUT2D eigenvalue weighted by atomic mass is 10.1. The smallest absolute Gasteiger partial charge is 0.260 e. The number of nitrogens with two attached hydrogens (primary N) is 1. The summed E-state index contributed by atoms with van der Waals surface area (Å²) in [7, 11) is 0. The van der Waals surface area contributed by atoms with Crippen LogP contribution in [-0.4, -0.2) is 15.2 Å². The number of aryl methyl sites for hydroxylation is 2. The Balaban J connectivity index is 1.88. The van der Waals surface area contributed by atoms with Gasteiger partial charge in [-0.15, -0.1) is 21.5 Å². The van der Waals surface area contributed by atoms with Gasteiger partial charge in [0.05, 0.1) is 16.3 Å².